The number of amides is 1. The zero-order valence-corrected chi connectivity index (χ0v) is 52.2. The highest BCUT2D eigenvalue weighted by Crippen LogP contribution is 2.19. The maximum Gasteiger partial charge on any atom is 0.305 e. The number of allylic oxidation sites excluding steroid dienone is 3. The van der Waals surface area contributed by atoms with E-state index in [-0.39, 0.29) is 18.5 Å². The number of rotatable bonds is 66. The third-order valence-corrected chi connectivity index (χ3v) is 16.5. The average Bonchev–Trinajstić information content (AvgIpc) is 3.43. The average molecular weight is 1080 g/mol. The fourth-order valence-corrected chi connectivity index (χ4v) is 11.1. The van der Waals surface area contributed by atoms with Gasteiger partial charge in [0.15, 0.2) is 0 Å². The van der Waals surface area contributed by atoms with E-state index in [1.165, 1.54) is 321 Å². The van der Waals surface area contributed by atoms with E-state index in [1.54, 1.807) is 6.08 Å². The van der Waals surface area contributed by atoms with Gasteiger partial charge in [0, 0.05) is 12.8 Å². The van der Waals surface area contributed by atoms with E-state index < -0.39 is 12.1 Å². The van der Waals surface area contributed by atoms with Crippen molar-refractivity contribution in [1.82, 2.24) is 5.32 Å². The summed E-state index contributed by atoms with van der Waals surface area (Å²) < 4.78 is 5.50. The Morgan fingerprint density at radius 2 is 0.610 bits per heavy atom. The molecule has 0 aliphatic heterocycles. The summed E-state index contributed by atoms with van der Waals surface area (Å²) in [6, 6.07) is -0.632. The number of carbonyl (C=O) groups is 2. The van der Waals surface area contributed by atoms with Gasteiger partial charge in [-0.3, -0.25) is 9.59 Å². The number of unbranched alkanes of at least 4 members (excludes halogenated alkanes) is 53. The molecule has 0 rings (SSSR count). The van der Waals surface area contributed by atoms with Crippen LogP contribution in [0, 0.1) is 0 Å². The monoisotopic (exact) mass is 1080 g/mol. The highest BCUT2D eigenvalue weighted by Gasteiger charge is 2.18. The summed E-state index contributed by atoms with van der Waals surface area (Å²) in [5.74, 6) is -0.0604. The molecule has 0 heterocycles. The molecule has 0 saturated heterocycles. The quantitative estimate of drug-likeness (QED) is 0.0320. The summed E-state index contributed by atoms with van der Waals surface area (Å²) >= 11 is 0. The van der Waals surface area contributed by atoms with Crippen molar-refractivity contribution < 1.29 is 24.5 Å². The molecule has 0 aromatic heterocycles. The lowest BCUT2D eigenvalue weighted by Crippen LogP contribution is -2.45. The third-order valence-electron chi connectivity index (χ3n) is 16.5. The van der Waals surface area contributed by atoms with Gasteiger partial charge in [-0.25, -0.2) is 0 Å². The van der Waals surface area contributed by atoms with Crippen molar-refractivity contribution in [2.45, 2.75) is 405 Å². The molecule has 3 N–H and O–H groups in total. The van der Waals surface area contributed by atoms with Crippen LogP contribution in [-0.4, -0.2) is 47.4 Å². The molecule has 0 bridgehead atoms. The van der Waals surface area contributed by atoms with E-state index in [9.17, 15) is 19.8 Å². The van der Waals surface area contributed by atoms with Gasteiger partial charge < -0.3 is 20.3 Å². The molecule has 0 aliphatic carbocycles. The SMILES string of the molecule is CCCCCCCC/C=C\CCCCCCCCCC(=O)OCCCCCCCCCCCCCCCCCCCCCC(=O)NC(CO)C(O)/C=C/CCCCCCCCCCCCCCCCCCCCCCCC. The fraction of sp³-hybridized carbons (Fsp3) is 0.915. The van der Waals surface area contributed by atoms with E-state index in [2.05, 4.69) is 31.3 Å². The van der Waals surface area contributed by atoms with Crippen LogP contribution in [0.5, 0.6) is 0 Å². The summed E-state index contributed by atoms with van der Waals surface area (Å²) in [7, 11) is 0. The molecule has 1 amide bonds. The van der Waals surface area contributed by atoms with E-state index in [1.807, 2.05) is 6.08 Å². The van der Waals surface area contributed by atoms with Gasteiger partial charge in [-0.15, -0.1) is 0 Å². The second kappa shape index (κ2) is 66.8. The Labute approximate surface area is 481 Å². The van der Waals surface area contributed by atoms with E-state index in [0.29, 0.717) is 19.4 Å². The lowest BCUT2D eigenvalue weighted by atomic mass is 10.0. The van der Waals surface area contributed by atoms with Crippen molar-refractivity contribution in [3.8, 4) is 0 Å². The second-order valence-electron chi connectivity index (χ2n) is 24.2. The zero-order valence-electron chi connectivity index (χ0n) is 52.2. The van der Waals surface area contributed by atoms with Crippen LogP contribution in [0.1, 0.15) is 393 Å². The van der Waals surface area contributed by atoms with Crippen LogP contribution in [0.2, 0.25) is 0 Å². The molecule has 0 saturated carbocycles. The molecular weight excluding hydrogens is 947 g/mol. The molecular formula is C71H137NO5. The van der Waals surface area contributed by atoms with Gasteiger partial charge in [0.2, 0.25) is 5.91 Å². The van der Waals surface area contributed by atoms with Crippen LogP contribution < -0.4 is 5.32 Å². The number of esters is 1. The number of aliphatic hydroxyl groups is 2. The molecule has 6 nitrogen and oxygen atoms in total. The minimum atomic E-state index is -0.848. The normalized spacial score (nSPS) is 12.6. The van der Waals surface area contributed by atoms with Crippen molar-refractivity contribution in [2.24, 2.45) is 0 Å². The summed E-state index contributed by atoms with van der Waals surface area (Å²) in [6.45, 7) is 4.93. The Kier molecular flexibility index (Phi) is 65.4. The Morgan fingerprint density at radius 3 is 0.922 bits per heavy atom. The van der Waals surface area contributed by atoms with Crippen LogP contribution >= 0.6 is 0 Å². The predicted molar refractivity (Wildman–Crippen MR) is 338 cm³/mol. The van der Waals surface area contributed by atoms with Crippen molar-refractivity contribution in [3.63, 3.8) is 0 Å². The van der Waals surface area contributed by atoms with Crippen LogP contribution in [0.15, 0.2) is 24.3 Å². The highest BCUT2D eigenvalue weighted by atomic mass is 16.5. The third kappa shape index (κ3) is 63.4. The van der Waals surface area contributed by atoms with Gasteiger partial charge in [-0.2, -0.15) is 0 Å². The van der Waals surface area contributed by atoms with Crippen molar-refractivity contribution in [2.75, 3.05) is 13.2 Å². The zero-order chi connectivity index (χ0) is 55.7. The van der Waals surface area contributed by atoms with Crippen molar-refractivity contribution in [3.05, 3.63) is 24.3 Å². The summed E-state index contributed by atoms with van der Waals surface area (Å²) in [5, 5.41) is 23.3. The van der Waals surface area contributed by atoms with E-state index in [0.717, 1.165) is 44.9 Å². The topological polar surface area (TPSA) is 95.9 Å². The first-order valence-electron chi connectivity index (χ1n) is 35.1. The molecule has 0 aromatic carbocycles. The number of hydrogen-bond acceptors (Lipinski definition) is 5. The summed E-state index contributed by atoms with van der Waals surface area (Å²) in [4.78, 5) is 24.6. The van der Waals surface area contributed by atoms with Crippen LogP contribution in [0.4, 0.5) is 0 Å². The molecule has 0 spiro atoms. The van der Waals surface area contributed by atoms with Gasteiger partial charge in [0.25, 0.3) is 0 Å². The first-order valence-corrected chi connectivity index (χ1v) is 35.1. The van der Waals surface area contributed by atoms with Crippen LogP contribution in [0.25, 0.3) is 0 Å². The van der Waals surface area contributed by atoms with E-state index >= 15 is 0 Å². The molecule has 6 heteroatoms. The molecule has 0 aliphatic rings. The van der Waals surface area contributed by atoms with Gasteiger partial charge in [0.1, 0.15) is 0 Å². The Balaban J connectivity index is 3.42. The molecule has 0 fully saturated rings. The molecule has 2 unspecified atom stereocenters. The first-order chi connectivity index (χ1) is 38.0. The van der Waals surface area contributed by atoms with E-state index in [4.69, 9.17) is 4.74 Å². The Hall–Kier alpha value is -1.66. The van der Waals surface area contributed by atoms with Crippen LogP contribution in [-0.2, 0) is 14.3 Å². The number of aliphatic hydroxyl groups excluding tert-OH is 2. The number of hydrogen-bond donors (Lipinski definition) is 3. The lowest BCUT2D eigenvalue weighted by Gasteiger charge is -2.20. The Bertz CT molecular complexity index is 1200. The summed E-state index contributed by atoms with van der Waals surface area (Å²) in [6.07, 6.45) is 83.9. The van der Waals surface area contributed by atoms with Crippen molar-refractivity contribution in [1.29, 1.82) is 0 Å². The number of nitrogens with one attached hydrogen (secondary N) is 1. The largest absolute Gasteiger partial charge is 0.466 e. The molecule has 456 valence electrons. The van der Waals surface area contributed by atoms with Crippen molar-refractivity contribution >= 4 is 11.9 Å². The second-order valence-corrected chi connectivity index (χ2v) is 24.2. The maximum atomic E-state index is 12.5. The maximum absolute atomic E-state index is 12.5. The highest BCUT2D eigenvalue weighted by molar-refractivity contribution is 5.76. The van der Waals surface area contributed by atoms with Gasteiger partial charge in [-0.05, 0) is 57.8 Å². The fourth-order valence-electron chi connectivity index (χ4n) is 11.1. The predicted octanol–water partition coefficient (Wildman–Crippen LogP) is 22.5. The van der Waals surface area contributed by atoms with Crippen LogP contribution in [0.3, 0.4) is 0 Å². The standard InChI is InChI=1S/C71H137NO5/c1-3-5-7-9-11-13-15-17-19-21-22-23-24-25-26-28-32-35-39-43-47-51-55-59-63-69(74)68(67-73)72-70(75)64-60-56-52-48-44-40-36-33-29-27-30-34-38-42-46-50-54-58-62-66-77-71(76)65-61-57-53-49-45-41-37-31-20-18-16-14-12-10-8-6-4-2/h18,20,59,63,68-69,73-74H,3-17,19,21-58,60-62,64-67H2,1-2H3,(H,72,75)/b20-18-,63-59+. The minimum absolute atomic E-state index is 0.00603. The van der Waals surface area contributed by atoms with Gasteiger partial charge in [-0.1, -0.05) is 346 Å². The molecule has 2 atom stereocenters. The number of carbonyl (C=O) groups excluding carboxylic acids is 2. The minimum Gasteiger partial charge on any atom is -0.466 e. The molecule has 0 radical (unpaired) electrons. The lowest BCUT2D eigenvalue weighted by molar-refractivity contribution is -0.143. The van der Waals surface area contributed by atoms with Gasteiger partial charge in [0.05, 0.1) is 25.4 Å². The first kappa shape index (κ1) is 75.3. The van der Waals surface area contributed by atoms with Gasteiger partial charge >= 0.3 is 5.97 Å². The Morgan fingerprint density at radius 1 is 0.351 bits per heavy atom. The number of ether oxygens (including phenoxy) is 1. The molecule has 77 heavy (non-hydrogen) atoms. The summed E-state index contributed by atoms with van der Waals surface area (Å²) in [5.41, 5.74) is 0. The smallest absolute Gasteiger partial charge is 0.305 e. The molecule has 0 aromatic rings.